The van der Waals surface area contributed by atoms with Crippen LogP contribution < -0.4 is 10.5 Å². The number of hydrogen-bond donors (Lipinski definition) is 2. The molecule has 0 aromatic heterocycles. The predicted molar refractivity (Wildman–Crippen MR) is 92.9 cm³/mol. The van der Waals surface area contributed by atoms with Crippen LogP contribution in [0.3, 0.4) is 0 Å². The van der Waals surface area contributed by atoms with Gasteiger partial charge in [0, 0.05) is 6.42 Å². The molecule has 2 atom stereocenters. The Morgan fingerprint density at radius 1 is 1.26 bits per heavy atom. The molecule has 126 valence electrons. The first-order chi connectivity index (χ1) is 10.5. The molecule has 0 spiro atoms. The van der Waals surface area contributed by atoms with Crippen LogP contribution in [-0.4, -0.2) is 17.8 Å². The van der Waals surface area contributed by atoms with Gasteiger partial charge in [0.05, 0.1) is 23.8 Å². The highest BCUT2D eigenvalue weighted by molar-refractivity contribution is 6.32. The summed E-state index contributed by atoms with van der Waals surface area (Å²) in [7, 11) is 0. The van der Waals surface area contributed by atoms with Gasteiger partial charge < -0.3 is 15.6 Å². The van der Waals surface area contributed by atoms with E-state index in [1.165, 1.54) is 12.1 Å². The van der Waals surface area contributed by atoms with E-state index in [1.54, 1.807) is 6.92 Å². The van der Waals surface area contributed by atoms with Gasteiger partial charge in [-0.15, -0.1) is 12.4 Å². The summed E-state index contributed by atoms with van der Waals surface area (Å²) in [5.74, 6) is -0.565. The van der Waals surface area contributed by atoms with Gasteiger partial charge in [-0.05, 0) is 30.2 Å². The van der Waals surface area contributed by atoms with Gasteiger partial charge in [-0.2, -0.15) is 0 Å². The Bertz CT molecular complexity index is 602. The van der Waals surface area contributed by atoms with Crippen LogP contribution in [0.4, 0.5) is 4.39 Å². The highest BCUT2D eigenvalue weighted by Crippen LogP contribution is 2.32. The molecule has 0 amide bonds. The quantitative estimate of drug-likeness (QED) is 0.822. The van der Waals surface area contributed by atoms with Crippen LogP contribution in [0, 0.1) is 5.82 Å². The highest BCUT2D eigenvalue weighted by Gasteiger charge is 2.20. The van der Waals surface area contributed by atoms with Gasteiger partial charge in [-0.1, -0.05) is 41.9 Å². The Balaban J connectivity index is 0.00000264. The fourth-order valence-corrected chi connectivity index (χ4v) is 2.53. The number of nitrogens with two attached hydrogens (primary N) is 1. The average Bonchev–Trinajstić information content (AvgIpc) is 2.51. The highest BCUT2D eigenvalue weighted by atomic mass is 35.5. The van der Waals surface area contributed by atoms with E-state index in [0.29, 0.717) is 18.6 Å². The molecule has 0 heterocycles. The maximum Gasteiger partial charge on any atom is 0.173 e. The summed E-state index contributed by atoms with van der Waals surface area (Å²) < 4.78 is 19.1. The number of hydrogen-bond acceptors (Lipinski definition) is 3. The molecule has 2 aromatic rings. The zero-order valence-electron chi connectivity index (χ0n) is 12.7. The fourth-order valence-electron chi connectivity index (χ4n) is 2.26. The molecular formula is C17H20Cl2FNO2. The first-order valence-corrected chi connectivity index (χ1v) is 7.50. The number of halogens is 3. The van der Waals surface area contributed by atoms with Crippen molar-refractivity contribution in [3.8, 4) is 5.75 Å². The second-order valence-electron chi connectivity index (χ2n) is 5.03. The topological polar surface area (TPSA) is 55.5 Å². The molecule has 0 saturated carbocycles. The van der Waals surface area contributed by atoms with Crippen LogP contribution in [0.1, 0.15) is 24.1 Å². The van der Waals surface area contributed by atoms with Gasteiger partial charge in [-0.3, -0.25) is 0 Å². The van der Waals surface area contributed by atoms with Crippen molar-refractivity contribution < 1.29 is 14.2 Å². The maximum absolute atomic E-state index is 14.0. The summed E-state index contributed by atoms with van der Waals surface area (Å²) >= 11 is 6.02. The lowest BCUT2D eigenvalue weighted by Crippen LogP contribution is -2.28. The summed E-state index contributed by atoms with van der Waals surface area (Å²) in [6.45, 7) is 2.07. The van der Waals surface area contributed by atoms with Crippen molar-refractivity contribution in [1.82, 2.24) is 0 Å². The zero-order chi connectivity index (χ0) is 16.1. The molecule has 0 unspecified atom stereocenters. The molecule has 3 nitrogen and oxygen atoms in total. The van der Waals surface area contributed by atoms with E-state index in [9.17, 15) is 9.50 Å². The summed E-state index contributed by atoms with van der Waals surface area (Å²) in [5, 5.41) is 10.4. The Kier molecular flexibility index (Phi) is 7.79. The van der Waals surface area contributed by atoms with Crippen molar-refractivity contribution in [3.05, 3.63) is 64.4 Å². The Hall–Kier alpha value is -1.33. The lowest BCUT2D eigenvalue weighted by Gasteiger charge is -2.20. The minimum atomic E-state index is -0.837. The van der Waals surface area contributed by atoms with Gasteiger partial charge in [0.1, 0.15) is 0 Å². The van der Waals surface area contributed by atoms with Crippen LogP contribution in [0.15, 0.2) is 42.5 Å². The molecule has 2 rings (SSSR count). The smallest absolute Gasteiger partial charge is 0.173 e. The molecule has 0 fully saturated rings. The molecule has 0 aliphatic carbocycles. The minimum absolute atomic E-state index is 0. The molecule has 0 aliphatic rings. The van der Waals surface area contributed by atoms with Crippen molar-refractivity contribution in [3.63, 3.8) is 0 Å². The standard InChI is InChI=1S/C17H19ClFNO2.ClH/c1-2-22-17-13(18)9-12(10-14(17)19)16(20)15(21)8-11-6-4-3-5-7-11;/h3-7,9-10,15-16,21H,2,8,20H2,1H3;1H/t15-,16+;/m1./s1. The summed E-state index contributed by atoms with van der Waals surface area (Å²) in [5.41, 5.74) is 7.43. The third kappa shape index (κ3) is 5.08. The molecule has 6 heteroatoms. The molecule has 2 aromatic carbocycles. The molecule has 3 N–H and O–H groups in total. The van der Waals surface area contributed by atoms with E-state index >= 15 is 0 Å². The van der Waals surface area contributed by atoms with Crippen molar-refractivity contribution in [1.29, 1.82) is 0 Å². The average molecular weight is 360 g/mol. The lowest BCUT2D eigenvalue weighted by molar-refractivity contribution is 0.145. The van der Waals surface area contributed by atoms with E-state index in [1.807, 2.05) is 30.3 Å². The number of aliphatic hydroxyl groups excluding tert-OH is 1. The van der Waals surface area contributed by atoms with E-state index in [2.05, 4.69) is 0 Å². The maximum atomic E-state index is 14.0. The summed E-state index contributed by atoms with van der Waals surface area (Å²) in [4.78, 5) is 0. The second-order valence-corrected chi connectivity index (χ2v) is 5.44. The third-order valence-electron chi connectivity index (χ3n) is 3.40. The van der Waals surface area contributed by atoms with Crippen molar-refractivity contribution in [2.24, 2.45) is 5.73 Å². The number of benzene rings is 2. The van der Waals surface area contributed by atoms with Gasteiger partial charge in [0.25, 0.3) is 0 Å². The molecule has 0 saturated heterocycles. The number of rotatable bonds is 6. The van der Waals surface area contributed by atoms with Gasteiger partial charge in [-0.25, -0.2) is 4.39 Å². The van der Waals surface area contributed by atoms with E-state index in [4.69, 9.17) is 22.1 Å². The summed E-state index contributed by atoms with van der Waals surface area (Å²) in [6, 6.07) is 11.6. The van der Waals surface area contributed by atoms with E-state index in [0.717, 1.165) is 5.56 Å². The largest absolute Gasteiger partial charge is 0.489 e. The molecule has 23 heavy (non-hydrogen) atoms. The monoisotopic (exact) mass is 359 g/mol. The minimum Gasteiger partial charge on any atom is -0.489 e. The third-order valence-corrected chi connectivity index (χ3v) is 3.68. The first kappa shape index (κ1) is 19.7. The van der Waals surface area contributed by atoms with Gasteiger partial charge >= 0.3 is 0 Å². The lowest BCUT2D eigenvalue weighted by atomic mass is 9.96. The predicted octanol–water partition coefficient (Wildman–Crippen LogP) is 3.90. The summed E-state index contributed by atoms with van der Waals surface area (Å²) in [6.07, 6.45) is -0.454. The van der Waals surface area contributed by atoms with Crippen molar-refractivity contribution >= 4 is 24.0 Å². The Morgan fingerprint density at radius 2 is 1.91 bits per heavy atom. The normalized spacial score (nSPS) is 13.1. The second kappa shape index (κ2) is 9.08. The number of ether oxygens (including phenoxy) is 1. The molecule has 0 radical (unpaired) electrons. The molecular weight excluding hydrogens is 340 g/mol. The van der Waals surface area contributed by atoms with Crippen LogP contribution in [-0.2, 0) is 6.42 Å². The zero-order valence-corrected chi connectivity index (χ0v) is 14.3. The number of aliphatic hydroxyl groups is 1. The fraction of sp³-hybridized carbons (Fsp3) is 0.294. The van der Waals surface area contributed by atoms with Gasteiger partial charge in [0.2, 0.25) is 0 Å². The van der Waals surface area contributed by atoms with Crippen LogP contribution in [0.2, 0.25) is 5.02 Å². The first-order valence-electron chi connectivity index (χ1n) is 7.12. The SMILES string of the molecule is CCOc1c(F)cc([C@H](N)[C@H](O)Cc2ccccc2)cc1Cl.Cl. The molecule has 0 bridgehead atoms. The Morgan fingerprint density at radius 3 is 2.48 bits per heavy atom. The van der Waals surface area contributed by atoms with Crippen LogP contribution in [0.25, 0.3) is 0 Å². The van der Waals surface area contributed by atoms with Crippen LogP contribution >= 0.6 is 24.0 Å². The van der Waals surface area contributed by atoms with Crippen molar-refractivity contribution in [2.45, 2.75) is 25.5 Å². The van der Waals surface area contributed by atoms with Gasteiger partial charge in [0.15, 0.2) is 11.6 Å². The van der Waals surface area contributed by atoms with E-state index in [-0.39, 0.29) is 23.2 Å². The van der Waals surface area contributed by atoms with Crippen LogP contribution in [0.5, 0.6) is 5.75 Å². The molecule has 0 aliphatic heterocycles. The Labute approximate surface area is 146 Å². The van der Waals surface area contributed by atoms with E-state index < -0.39 is 18.0 Å². The van der Waals surface area contributed by atoms with Crippen molar-refractivity contribution in [2.75, 3.05) is 6.61 Å².